The zero-order chi connectivity index (χ0) is 24.9. The largest absolute Gasteiger partial charge is 0.493 e. The number of carbonyl (C=O) groups excluding carboxylic acids is 2. The van der Waals surface area contributed by atoms with E-state index >= 15 is 0 Å². The van der Waals surface area contributed by atoms with Crippen LogP contribution >= 0.6 is 0 Å². The van der Waals surface area contributed by atoms with Gasteiger partial charge in [-0.05, 0) is 62.4 Å². The van der Waals surface area contributed by atoms with Gasteiger partial charge in [0.25, 0.3) is 10.0 Å². The summed E-state index contributed by atoms with van der Waals surface area (Å²) in [7, 11) is -1.09. The van der Waals surface area contributed by atoms with Crippen LogP contribution in [0.3, 0.4) is 0 Å². The van der Waals surface area contributed by atoms with Crippen LogP contribution < -0.4 is 19.1 Å². The maximum atomic E-state index is 13.5. The van der Waals surface area contributed by atoms with Crippen molar-refractivity contribution in [2.45, 2.75) is 18.7 Å². The Kier molecular flexibility index (Phi) is 7.57. The predicted molar refractivity (Wildman–Crippen MR) is 130 cm³/mol. The Morgan fingerprint density at radius 1 is 0.882 bits per heavy atom. The van der Waals surface area contributed by atoms with Gasteiger partial charge in [0.15, 0.2) is 17.3 Å². The Balaban J connectivity index is 1.94. The molecule has 0 fully saturated rings. The summed E-state index contributed by atoms with van der Waals surface area (Å²) in [6.07, 6.45) is 0. The lowest BCUT2D eigenvalue weighted by Crippen LogP contribution is -2.38. The summed E-state index contributed by atoms with van der Waals surface area (Å²) >= 11 is 0. The Labute approximate surface area is 199 Å². The lowest BCUT2D eigenvalue weighted by molar-refractivity contribution is -0.114. The molecule has 0 bridgehead atoms. The number of anilines is 2. The van der Waals surface area contributed by atoms with Crippen molar-refractivity contribution < 1.29 is 27.5 Å². The quantitative estimate of drug-likeness (QED) is 0.462. The van der Waals surface area contributed by atoms with Crippen molar-refractivity contribution in [3.63, 3.8) is 0 Å². The fraction of sp³-hybridized carbons (Fsp3) is 0.200. The highest BCUT2D eigenvalue weighted by Gasteiger charge is 2.27. The maximum absolute atomic E-state index is 13.5. The van der Waals surface area contributed by atoms with Crippen LogP contribution in [0.5, 0.6) is 11.5 Å². The maximum Gasteiger partial charge on any atom is 0.264 e. The first-order valence-corrected chi connectivity index (χ1v) is 11.8. The van der Waals surface area contributed by atoms with Crippen LogP contribution in [-0.4, -0.2) is 40.9 Å². The van der Waals surface area contributed by atoms with E-state index in [1.807, 2.05) is 6.92 Å². The number of nitrogens with zero attached hydrogens (tertiary/aromatic N) is 1. The number of carbonyl (C=O) groups is 2. The van der Waals surface area contributed by atoms with Gasteiger partial charge in [-0.25, -0.2) is 8.42 Å². The second-order valence-corrected chi connectivity index (χ2v) is 9.41. The molecule has 1 N–H and O–H groups in total. The van der Waals surface area contributed by atoms with Crippen LogP contribution in [0.15, 0.2) is 71.6 Å². The van der Waals surface area contributed by atoms with Crippen LogP contribution in [0, 0.1) is 6.92 Å². The van der Waals surface area contributed by atoms with Gasteiger partial charge in [0, 0.05) is 17.3 Å². The van der Waals surface area contributed by atoms with E-state index in [4.69, 9.17) is 9.47 Å². The van der Waals surface area contributed by atoms with Gasteiger partial charge in [0.05, 0.1) is 24.8 Å². The molecule has 0 saturated heterocycles. The Bertz CT molecular complexity index is 1290. The van der Waals surface area contributed by atoms with Crippen LogP contribution in [-0.2, 0) is 14.8 Å². The lowest BCUT2D eigenvalue weighted by atomic mass is 10.1. The van der Waals surface area contributed by atoms with E-state index < -0.39 is 22.5 Å². The molecule has 3 aromatic carbocycles. The molecule has 8 nitrogen and oxygen atoms in total. The number of ketones is 1. The number of Topliss-reactive ketones (excluding diaryl/α,β-unsaturated/α-hetero) is 1. The number of hydrogen-bond donors (Lipinski definition) is 1. The molecule has 3 rings (SSSR count). The van der Waals surface area contributed by atoms with Crippen molar-refractivity contribution in [2.24, 2.45) is 0 Å². The van der Waals surface area contributed by atoms with Crippen LogP contribution in [0.1, 0.15) is 22.8 Å². The lowest BCUT2D eigenvalue weighted by Gasteiger charge is -2.24. The number of hydrogen-bond acceptors (Lipinski definition) is 6. The van der Waals surface area contributed by atoms with Gasteiger partial charge in [-0.2, -0.15) is 0 Å². The smallest absolute Gasteiger partial charge is 0.264 e. The highest BCUT2D eigenvalue weighted by atomic mass is 32.2. The van der Waals surface area contributed by atoms with Gasteiger partial charge >= 0.3 is 0 Å². The number of sulfonamides is 1. The number of aryl methyl sites for hydroxylation is 1. The molecule has 0 atom stereocenters. The molecule has 0 heterocycles. The highest BCUT2D eigenvalue weighted by molar-refractivity contribution is 7.92. The first-order valence-electron chi connectivity index (χ1n) is 10.4. The minimum Gasteiger partial charge on any atom is -0.493 e. The van der Waals surface area contributed by atoms with E-state index in [2.05, 4.69) is 5.32 Å². The third-order valence-electron chi connectivity index (χ3n) is 5.13. The predicted octanol–water partition coefficient (Wildman–Crippen LogP) is 4.05. The molecule has 0 unspecified atom stereocenters. The Morgan fingerprint density at radius 2 is 1.50 bits per heavy atom. The summed E-state index contributed by atoms with van der Waals surface area (Å²) in [5.41, 5.74) is 2.02. The molecule has 0 saturated carbocycles. The number of ether oxygens (including phenoxy) is 2. The molecule has 34 heavy (non-hydrogen) atoms. The molecule has 0 radical (unpaired) electrons. The van der Waals surface area contributed by atoms with Crippen LogP contribution in [0.4, 0.5) is 11.4 Å². The Morgan fingerprint density at radius 3 is 2.06 bits per heavy atom. The Hall–Kier alpha value is -3.85. The molecule has 0 aliphatic carbocycles. The SMILES string of the molecule is COc1ccc(NC(=O)CN(c2ccc(C(C)=O)cc2)S(=O)(=O)c2ccc(C)cc2)cc1OC. The van der Waals surface area contributed by atoms with Gasteiger partial charge < -0.3 is 14.8 Å². The summed E-state index contributed by atoms with van der Waals surface area (Å²) in [4.78, 5) is 24.6. The van der Waals surface area contributed by atoms with Gasteiger partial charge in [-0.15, -0.1) is 0 Å². The topological polar surface area (TPSA) is 102 Å². The van der Waals surface area contributed by atoms with Gasteiger partial charge in [0.1, 0.15) is 6.54 Å². The van der Waals surface area contributed by atoms with Gasteiger partial charge in [-0.3, -0.25) is 13.9 Å². The van der Waals surface area contributed by atoms with Crippen molar-refractivity contribution in [3.8, 4) is 11.5 Å². The number of amides is 1. The summed E-state index contributed by atoms with van der Waals surface area (Å²) in [6, 6.07) is 17.3. The van der Waals surface area contributed by atoms with E-state index in [1.54, 1.807) is 30.3 Å². The zero-order valence-electron chi connectivity index (χ0n) is 19.4. The van der Waals surface area contributed by atoms with E-state index in [0.717, 1.165) is 9.87 Å². The second kappa shape index (κ2) is 10.4. The fourth-order valence-electron chi connectivity index (χ4n) is 3.26. The monoisotopic (exact) mass is 482 g/mol. The molecule has 3 aromatic rings. The minimum absolute atomic E-state index is 0.0488. The molecule has 1 amide bonds. The van der Waals surface area contributed by atoms with Crippen molar-refractivity contribution in [1.82, 2.24) is 0 Å². The number of benzene rings is 3. The zero-order valence-corrected chi connectivity index (χ0v) is 20.2. The minimum atomic E-state index is -4.07. The third-order valence-corrected chi connectivity index (χ3v) is 6.91. The van der Waals surface area contributed by atoms with E-state index in [1.165, 1.54) is 57.5 Å². The fourth-order valence-corrected chi connectivity index (χ4v) is 4.68. The van der Waals surface area contributed by atoms with Crippen molar-refractivity contribution >= 4 is 33.1 Å². The van der Waals surface area contributed by atoms with E-state index in [-0.39, 0.29) is 16.4 Å². The highest BCUT2D eigenvalue weighted by Crippen LogP contribution is 2.30. The van der Waals surface area contributed by atoms with E-state index in [0.29, 0.717) is 22.7 Å². The number of rotatable bonds is 9. The van der Waals surface area contributed by atoms with Gasteiger partial charge in [0.2, 0.25) is 5.91 Å². The average molecular weight is 483 g/mol. The average Bonchev–Trinajstić information content (AvgIpc) is 2.82. The number of methoxy groups -OCH3 is 2. The summed E-state index contributed by atoms with van der Waals surface area (Å²) < 4.78 is 38.4. The molecule has 0 aliphatic heterocycles. The first-order chi connectivity index (χ1) is 16.1. The first kappa shape index (κ1) is 24.8. The van der Waals surface area contributed by atoms with Gasteiger partial charge in [-0.1, -0.05) is 17.7 Å². The summed E-state index contributed by atoms with van der Waals surface area (Å²) in [6.45, 7) is 2.79. The van der Waals surface area contributed by atoms with Crippen molar-refractivity contribution in [2.75, 3.05) is 30.4 Å². The summed E-state index contributed by atoms with van der Waals surface area (Å²) in [5.74, 6) is 0.211. The molecular formula is C25H26N2O6S. The number of nitrogens with one attached hydrogen (secondary N) is 1. The summed E-state index contributed by atoms with van der Waals surface area (Å²) in [5, 5.41) is 2.70. The molecule has 178 valence electrons. The standard InChI is InChI=1S/C25H26N2O6S/c1-17-5-12-22(13-6-17)34(30,31)27(21-10-7-19(8-11-21)18(2)28)16-25(29)26-20-9-14-23(32-3)24(15-20)33-4/h5-15H,16H2,1-4H3,(H,26,29). The second-order valence-electron chi connectivity index (χ2n) is 7.55. The van der Waals surface area contributed by atoms with Crippen molar-refractivity contribution in [3.05, 3.63) is 77.9 Å². The van der Waals surface area contributed by atoms with Crippen LogP contribution in [0.25, 0.3) is 0 Å². The molecular weight excluding hydrogens is 456 g/mol. The third kappa shape index (κ3) is 5.55. The van der Waals surface area contributed by atoms with Crippen molar-refractivity contribution in [1.29, 1.82) is 0 Å². The van der Waals surface area contributed by atoms with E-state index in [9.17, 15) is 18.0 Å². The van der Waals surface area contributed by atoms with Crippen LogP contribution in [0.2, 0.25) is 0 Å². The molecule has 0 aliphatic rings. The molecule has 0 spiro atoms. The molecule has 9 heteroatoms. The molecule has 0 aromatic heterocycles. The normalized spacial score (nSPS) is 10.9.